The van der Waals surface area contributed by atoms with Crippen molar-refractivity contribution in [3.05, 3.63) is 41.7 Å². The second-order valence-corrected chi connectivity index (χ2v) is 5.37. The number of hydrogen-bond acceptors (Lipinski definition) is 4. The summed E-state index contributed by atoms with van der Waals surface area (Å²) in [6, 6.07) is 7.69. The summed E-state index contributed by atoms with van der Waals surface area (Å²) in [4.78, 5) is 11.6. The van der Waals surface area contributed by atoms with Crippen LogP contribution in [0.4, 0.5) is 13.2 Å². The summed E-state index contributed by atoms with van der Waals surface area (Å²) in [6.07, 6.45) is 0. The second-order valence-electron chi connectivity index (χ2n) is 3.83. The van der Waals surface area contributed by atoms with Gasteiger partial charge in [-0.3, -0.25) is 4.79 Å². The van der Waals surface area contributed by atoms with Gasteiger partial charge in [0.05, 0.1) is 12.1 Å². The van der Waals surface area contributed by atoms with Crippen molar-refractivity contribution in [3.63, 3.8) is 0 Å². The molecule has 0 radical (unpaired) electrons. The third kappa shape index (κ3) is 2.62. The Hall–Kier alpha value is -2.03. The number of nitrogens with one attached hydrogen (secondary N) is 1. The molecule has 108 valence electrons. The molecule has 20 heavy (non-hydrogen) atoms. The van der Waals surface area contributed by atoms with Crippen LogP contribution in [0.5, 0.6) is 0 Å². The molecule has 1 aromatic rings. The first-order chi connectivity index (χ1) is 9.22. The number of amides is 1. The van der Waals surface area contributed by atoms with E-state index < -0.39 is 33.8 Å². The van der Waals surface area contributed by atoms with Gasteiger partial charge in [-0.25, -0.2) is 0 Å². The summed E-state index contributed by atoms with van der Waals surface area (Å²) in [6.45, 7) is -0.418. The van der Waals surface area contributed by atoms with E-state index >= 15 is 0 Å². The number of alkyl halides is 3. The van der Waals surface area contributed by atoms with Gasteiger partial charge in [-0.15, -0.1) is 0 Å². The van der Waals surface area contributed by atoms with Crippen molar-refractivity contribution in [1.29, 1.82) is 0 Å². The lowest BCUT2D eigenvalue weighted by atomic mass is 10.1. The smallest absolute Gasteiger partial charge is 0.378 e. The zero-order valence-corrected chi connectivity index (χ0v) is 10.6. The predicted molar refractivity (Wildman–Crippen MR) is 62.4 cm³/mol. The zero-order chi connectivity index (χ0) is 15.0. The average molecular weight is 307 g/mol. The minimum Gasteiger partial charge on any atom is -0.378 e. The minimum absolute atomic E-state index is 0.224. The SMILES string of the molecule is O=C1NCC(OS(=O)(=O)C(F)(F)F)=C1c1ccccc1. The van der Waals surface area contributed by atoms with Crippen LogP contribution in [-0.2, 0) is 19.1 Å². The zero-order valence-electron chi connectivity index (χ0n) is 9.77. The predicted octanol–water partition coefficient (Wildman–Crippen LogP) is 1.39. The lowest BCUT2D eigenvalue weighted by Gasteiger charge is -2.10. The molecule has 0 saturated carbocycles. The van der Waals surface area contributed by atoms with Crippen LogP contribution in [-0.4, -0.2) is 26.4 Å². The van der Waals surface area contributed by atoms with Crippen LogP contribution in [0.3, 0.4) is 0 Å². The third-order valence-corrected chi connectivity index (χ3v) is 3.46. The first kappa shape index (κ1) is 14.4. The van der Waals surface area contributed by atoms with E-state index in [1.807, 2.05) is 0 Å². The molecule has 0 atom stereocenters. The molecule has 0 saturated heterocycles. The molecule has 2 rings (SSSR count). The van der Waals surface area contributed by atoms with Crippen LogP contribution in [0.25, 0.3) is 5.57 Å². The maximum Gasteiger partial charge on any atom is 0.534 e. The molecule has 1 amide bonds. The van der Waals surface area contributed by atoms with Gasteiger partial charge in [-0.2, -0.15) is 21.6 Å². The molecule has 1 N–H and O–H groups in total. The lowest BCUT2D eigenvalue weighted by molar-refractivity contribution is -0.114. The van der Waals surface area contributed by atoms with E-state index in [0.717, 1.165) is 0 Å². The summed E-state index contributed by atoms with van der Waals surface area (Å²) in [5.41, 5.74) is -5.50. The topological polar surface area (TPSA) is 72.5 Å². The Balaban J connectivity index is 2.44. The fourth-order valence-corrected chi connectivity index (χ4v) is 2.11. The summed E-state index contributed by atoms with van der Waals surface area (Å²) in [5, 5.41) is 2.22. The Morgan fingerprint density at radius 1 is 1.15 bits per heavy atom. The Morgan fingerprint density at radius 3 is 2.30 bits per heavy atom. The Morgan fingerprint density at radius 2 is 1.75 bits per heavy atom. The molecule has 5 nitrogen and oxygen atoms in total. The van der Waals surface area contributed by atoms with Gasteiger partial charge in [-0.1, -0.05) is 30.3 Å². The minimum atomic E-state index is -5.80. The molecule has 0 unspecified atom stereocenters. The first-order valence-electron chi connectivity index (χ1n) is 5.30. The fourth-order valence-electron chi connectivity index (χ4n) is 1.61. The lowest BCUT2D eigenvalue weighted by Crippen LogP contribution is -2.26. The van der Waals surface area contributed by atoms with Crippen molar-refractivity contribution in [2.45, 2.75) is 5.51 Å². The number of benzene rings is 1. The van der Waals surface area contributed by atoms with Gasteiger partial charge in [0.25, 0.3) is 5.91 Å². The highest BCUT2D eigenvalue weighted by Gasteiger charge is 2.49. The van der Waals surface area contributed by atoms with Gasteiger partial charge in [0.15, 0.2) is 5.76 Å². The van der Waals surface area contributed by atoms with Crippen molar-refractivity contribution in [2.24, 2.45) is 0 Å². The molecule has 1 heterocycles. The standard InChI is InChI=1S/C11H8F3NO4S/c12-11(13,14)20(17,18)19-8-6-15-10(16)9(8)7-4-2-1-3-5-7/h1-5H,6H2,(H,15,16). The highest BCUT2D eigenvalue weighted by molar-refractivity contribution is 7.87. The number of carbonyl (C=O) groups excluding carboxylic acids is 1. The number of hydrogen-bond donors (Lipinski definition) is 1. The molecule has 0 aliphatic carbocycles. The molecule has 1 aliphatic heterocycles. The van der Waals surface area contributed by atoms with E-state index in [9.17, 15) is 26.4 Å². The second kappa shape index (κ2) is 4.82. The highest BCUT2D eigenvalue weighted by atomic mass is 32.2. The Bertz CT molecular complexity index is 665. The van der Waals surface area contributed by atoms with Crippen molar-refractivity contribution < 1.29 is 30.6 Å². The average Bonchev–Trinajstić information content (AvgIpc) is 2.69. The number of rotatable bonds is 3. The summed E-state index contributed by atoms with van der Waals surface area (Å²) in [5.74, 6) is -1.26. The molecule has 0 spiro atoms. The van der Waals surface area contributed by atoms with Crippen molar-refractivity contribution >= 4 is 21.6 Å². The van der Waals surface area contributed by atoms with Gasteiger partial charge in [0, 0.05) is 0 Å². The van der Waals surface area contributed by atoms with Gasteiger partial charge >= 0.3 is 15.6 Å². The fraction of sp³-hybridized carbons (Fsp3) is 0.182. The largest absolute Gasteiger partial charge is 0.534 e. The van der Waals surface area contributed by atoms with E-state index in [0.29, 0.717) is 0 Å². The molecule has 0 fully saturated rings. The van der Waals surface area contributed by atoms with Crippen LogP contribution in [0.2, 0.25) is 0 Å². The Kier molecular flexibility index (Phi) is 3.46. The monoisotopic (exact) mass is 307 g/mol. The molecular formula is C11H8F3NO4S. The number of halogens is 3. The molecule has 0 bridgehead atoms. The van der Waals surface area contributed by atoms with Gasteiger partial charge < -0.3 is 9.50 Å². The van der Waals surface area contributed by atoms with E-state index in [1.54, 1.807) is 18.2 Å². The van der Waals surface area contributed by atoms with Crippen molar-refractivity contribution in [2.75, 3.05) is 6.54 Å². The highest BCUT2D eigenvalue weighted by Crippen LogP contribution is 2.31. The third-order valence-electron chi connectivity index (χ3n) is 2.47. The molecule has 1 aliphatic rings. The van der Waals surface area contributed by atoms with Gasteiger partial charge in [0.2, 0.25) is 0 Å². The van der Waals surface area contributed by atoms with E-state index in [-0.39, 0.29) is 11.1 Å². The summed E-state index contributed by atoms with van der Waals surface area (Å²) < 4.78 is 62.8. The van der Waals surface area contributed by atoms with E-state index in [4.69, 9.17) is 0 Å². The van der Waals surface area contributed by atoms with Crippen LogP contribution < -0.4 is 5.32 Å². The van der Waals surface area contributed by atoms with Gasteiger partial charge in [-0.05, 0) is 5.56 Å². The maximum absolute atomic E-state index is 12.3. The van der Waals surface area contributed by atoms with Crippen molar-refractivity contribution in [3.8, 4) is 0 Å². The van der Waals surface area contributed by atoms with E-state index in [2.05, 4.69) is 9.50 Å². The maximum atomic E-state index is 12.3. The van der Waals surface area contributed by atoms with Gasteiger partial charge in [0.1, 0.15) is 0 Å². The molecular weight excluding hydrogens is 299 g/mol. The Labute approximate surface area is 112 Å². The summed E-state index contributed by atoms with van der Waals surface area (Å²) in [7, 11) is -5.80. The molecule has 0 aromatic heterocycles. The van der Waals surface area contributed by atoms with Crippen molar-refractivity contribution in [1.82, 2.24) is 5.32 Å². The molecule has 1 aromatic carbocycles. The quantitative estimate of drug-likeness (QED) is 0.676. The summed E-state index contributed by atoms with van der Waals surface area (Å²) >= 11 is 0. The van der Waals surface area contributed by atoms with Crippen LogP contribution in [0, 0.1) is 0 Å². The van der Waals surface area contributed by atoms with Crippen LogP contribution >= 0.6 is 0 Å². The first-order valence-corrected chi connectivity index (χ1v) is 6.71. The van der Waals surface area contributed by atoms with Crippen LogP contribution in [0.15, 0.2) is 36.1 Å². The van der Waals surface area contributed by atoms with Crippen LogP contribution in [0.1, 0.15) is 5.56 Å². The molecule has 9 heteroatoms. The normalized spacial score (nSPS) is 16.2. The number of carbonyl (C=O) groups is 1. The van der Waals surface area contributed by atoms with E-state index in [1.165, 1.54) is 12.1 Å².